The number of aryl methyl sites for hydroxylation is 1. The molecule has 2 aromatic rings. The number of nitrogens with zero attached hydrogens (tertiary/aromatic N) is 1. The van der Waals surface area contributed by atoms with Gasteiger partial charge >= 0.3 is 6.18 Å². The zero-order valence-corrected chi connectivity index (χ0v) is 11.7. The fourth-order valence-electron chi connectivity index (χ4n) is 1.58. The molecule has 16 heavy (non-hydrogen) atoms. The van der Waals surface area contributed by atoms with Crippen molar-refractivity contribution in [2.24, 2.45) is 0 Å². The van der Waals surface area contributed by atoms with Crippen LogP contribution in [0, 0.1) is 10.6 Å². The van der Waals surface area contributed by atoms with E-state index in [2.05, 4.69) is 26.1 Å². The van der Waals surface area contributed by atoms with Crippen LogP contribution in [0.1, 0.15) is 11.1 Å². The average molecular weight is 405 g/mol. The zero-order chi connectivity index (χ0) is 12.1. The standard InChI is InChI=1S/C9H5BrF3IN2/c1-3-2-4-5(8(14)16-15-4)7(10)6(3)9(11,12)13/h2H,1H3,(H,15,16). The van der Waals surface area contributed by atoms with Gasteiger partial charge in [-0.1, -0.05) is 0 Å². The first kappa shape index (κ1) is 12.2. The highest BCUT2D eigenvalue weighted by atomic mass is 127. The molecule has 0 saturated heterocycles. The first-order valence-electron chi connectivity index (χ1n) is 4.22. The van der Waals surface area contributed by atoms with Crippen LogP contribution in [0.15, 0.2) is 10.5 Å². The van der Waals surface area contributed by atoms with Crippen molar-refractivity contribution in [3.05, 3.63) is 25.4 Å². The van der Waals surface area contributed by atoms with Gasteiger partial charge in [-0.25, -0.2) is 0 Å². The summed E-state index contributed by atoms with van der Waals surface area (Å²) in [7, 11) is 0. The van der Waals surface area contributed by atoms with E-state index in [1.165, 1.54) is 13.0 Å². The van der Waals surface area contributed by atoms with Crippen molar-refractivity contribution in [3.63, 3.8) is 0 Å². The Hall–Kier alpha value is -0.310. The van der Waals surface area contributed by atoms with Crippen molar-refractivity contribution < 1.29 is 13.2 Å². The summed E-state index contributed by atoms with van der Waals surface area (Å²) in [6, 6.07) is 1.46. The first-order valence-corrected chi connectivity index (χ1v) is 6.09. The number of nitrogens with one attached hydrogen (secondary N) is 1. The highest BCUT2D eigenvalue weighted by Gasteiger charge is 2.36. The van der Waals surface area contributed by atoms with Crippen LogP contribution in [0.25, 0.3) is 10.9 Å². The van der Waals surface area contributed by atoms with Crippen LogP contribution in [-0.4, -0.2) is 10.2 Å². The number of benzene rings is 1. The lowest BCUT2D eigenvalue weighted by Crippen LogP contribution is -2.08. The minimum absolute atomic E-state index is 0.0492. The second-order valence-electron chi connectivity index (χ2n) is 3.32. The van der Waals surface area contributed by atoms with Crippen molar-refractivity contribution in [2.45, 2.75) is 13.1 Å². The Kier molecular flexibility index (Phi) is 2.94. The van der Waals surface area contributed by atoms with Gasteiger partial charge in [-0.15, -0.1) is 0 Å². The lowest BCUT2D eigenvalue weighted by molar-refractivity contribution is -0.138. The third-order valence-electron chi connectivity index (χ3n) is 2.23. The third kappa shape index (κ3) is 1.83. The highest BCUT2D eigenvalue weighted by Crippen LogP contribution is 2.41. The first-order chi connectivity index (χ1) is 7.32. The van der Waals surface area contributed by atoms with Crippen LogP contribution in [0.2, 0.25) is 0 Å². The van der Waals surface area contributed by atoms with Crippen molar-refractivity contribution in [2.75, 3.05) is 0 Å². The average Bonchev–Trinajstić information content (AvgIpc) is 2.44. The number of rotatable bonds is 0. The molecule has 0 spiro atoms. The van der Waals surface area contributed by atoms with E-state index < -0.39 is 11.7 Å². The van der Waals surface area contributed by atoms with E-state index in [0.717, 1.165) is 0 Å². The zero-order valence-electron chi connectivity index (χ0n) is 7.91. The van der Waals surface area contributed by atoms with Crippen LogP contribution < -0.4 is 0 Å². The summed E-state index contributed by atoms with van der Waals surface area (Å²) in [6.45, 7) is 1.43. The van der Waals surface area contributed by atoms with Crippen molar-refractivity contribution >= 4 is 49.4 Å². The SMILES string of the molecule is Cc1cc2[nH]nc(I)c2c(Br)c1C(F)(F)F. The van der Waals surface area contributed by atoms with Crippen LogP contribution in [0.3, 0.4) is 0 Å². The van der Waals surface area contributed by atoms with Gasteiger partial charge in [0.15, 0.2) is 0 Å². The number of hydrogen-bond donors (Lipinski definition) is 1. The molecule has 0 aliphatic carbocycles. The molecule has 0 aliphatic heterocycles. The van der Waals surface area contributed by atoms with Crippen LogP contribution in [0.5, 0.6) is 0 Å². The van der Waals surface area contributed by atoms with Gasteiger partial charge in [0.1, 0.15) is 3.70 Å². The second kappa shape index (κ2) is 3.86. The Balaban J connectivity index is 2.90. The lowest BCUT2D eigenvalue weighted by Gasteiger charge is -2.13. The van der Waals surface area contributed by atoms with E-state index in [9.17, 15) is 13.2 Å². The van der Waals surface area contributed by atoms with Gasteiger partial charge < -0.3 is 0 Å². The Labute approximate surface area is 111 Å². The summed E-state index contributed by atoms with van der Waals surface area (Å²) in [5, 5.41) is 7.05. The van der Waals surface area contributed by atoms with E-state index >= 15 is 0 Å². The maximum atomic E-state index is 12.8. The molecule has 0 fully saturated rings. The van der Waals surface area contributed by atoms with Gasteiger partial charge in [-0.2, -0.15) is 18.3 Å². The molecule has 86 valence electrons. The number of halogens is 5. The Morgan fingerprint density at radius 2 is 2.06 bits per heavy atom. The molecule has 0 saturated carbocycles. The molecule has 0 atom stereocenters. The maximum Gasteiger partial charge on any atom is 0.417 e. The van der Waals surface area contributed by atoms with Gasteiger partial charge in [0, 0.05) is 9.86 Å². The van der Waals surface area contributed by atoms with Crippen molar-refractivity contribution in [3.8, 4) is 0 Å². The molecule has 2 nitrogen and oxygen atoms in total. The molecule has 2 rings (SSSR count). The van der Waals surface area contributed by atoms with Gasteiger partial charge in [0.05, 0.1) is 11.1 Å². The van der Waals surface area contributed by atoms with Crippen LogP contribution in [0.4, 0.5) is 13.2 Å². The predicted molar refractivity (Wildman–Crippen MR) is 66.2 cm³/mol. The number of aromatic amines is 1. The second-order valence-corrected chi connectivity index (χ2v) is 5.13. The Morgan fingerprint density at radius 1 is 1.44 bits per heavy atom. The van der Waals surface area contributed by atoms with Crippen LogP contribution >= 0.6 is 38.5 Å². The van der Waals surface area contributed by atoms with Gasteiger partial charge in [-0.05, 0) is 57.1 Å². The number of H-pyrrole nitrogens is 1. The van der Waals surface area contributed by atoms with Gasteiger partial charge in [0.2, 0.25) is 0 Å². The largest absolute Gasteiger partial charge is 0.417 e. The summed E-state index contributed by atoms with van der Waals surface area (Å²) >= 11 is 4.91. The van der Waals surface area contributed by atoms with Crippen LogP contribution in [-0.2, 0) is 6.18 Å². The van der Waals surface area contributed by atoms with E-state index in [-0.39, 0.29) is 10.0 Å². The fraction of sp³-hybridized carbons (Fsp3) is 0.222. The lowest BCUT2D eigenvalue weighted by atomic mass is 10.1. The monoisotopic (exact) mass is 404 g/mol. The van der Waals surface area contributed by atoms with E-state index in [1.807, 2.05) is 22.6 Å². The van der Waals surface area contributed by atoms with Gasteiger partial charge in [-0.3, -0.25) is 5.10 Å². The molecular weight excluding hydrogens is 400 g/mol. The smallest absolute Gasteiger partial charge is 0.277 e. The quantitative estimate of drug-likeness (QED) is 0.653. The van der Waals surface area contributed by atoms with Gasteiger partial charge in [0.25, 0.3) is 0 Å². The number of fused-ring (bicyclic) bond motifs is 1. The number of alkyl halides is 3. The molecule has 0 radical (unpaired) electrons. The summed E-state index contributed by atoms with van der Waals surface area (Å²) < 4.78 is 39.0. The molecule has 7 heteroatoms. The molecule has 1 aromatic carbocycles. The highest BCUT2D eigenvalue weighted by molar-refractivity contribution is 14.1. The summed E-state index contributed by atoms with van der Waals surface area (Å²) in [5.41, 5.74) is 0.132. The number of aromatic nitrogens is 2. The topological polar surface area (TPSA) is 28.7 Å². The minimum Gasteiger partial charge on any atom is -0.277 e. The predicted octanol–water partition coefficient (Wildman–Crippen LogP) is 4.26. The molecule has 0 bridgehead atoms. The third-order valence-corrected chi connectivity index (χ3v) is 3.80. The molecule has 0 amide bonds. The fourth-order valence-corrected chi connectivity index (χ4v) is 3.57. The molecule has 1 heterocycles. The molecule has 1 N–H and O–H groups in total. The summed E-state index contributed by atoms with van der Waals surface area (Å²) in [5.74, 6) is 0. The van der Waals surface area contributed by atoms with E-state index in [1.54, 1.807) is 0 Å². The molecule has 0 unspecified atom stereocenters. The van der Waals surface area contributed by atoms with Crippen molar-refractivity contribution in [1.29, 1.82) is 0 Å². The molecular formula is C9H5BrF3IN2. The maximum absolute atomic E-state index is 12.8. The molecule has 0 aliphatic rings. The Bertz CT molecular complexity index is 562. The normalized spacial score (nSPS) is 12.4. The molecule has 1 aromatic heterocycles. The number of hydrogen-bond acceptors (Lipinski definition) is 1. The van der Waals surface area contributed by atoms with E-state index in [0.29, 0.717) is 14.6 Å². The minimum atomic E-state index is -4.36. The summed E-state index contributed by atoms with van der Waals surface area (Å²) in [6.07, 6.45) is -4.36. The van der Waals surface area contributed by atoms with E-state index in [4.69, 9.17) is 0 Å². The summed E-state index contributed by atoms with van der Waals surface area (Å²) in [4.78, 5) is 0. The van der Waals surface area contributed by atoms with Crippen molar-refractivity contribution in [1.82, 2.24) is 10.2 Å². The Morgan fingerprint density at radius 3 is 2.62 bits per heavy atom.